The Bertz CT molecular complexity index is 635. The number of hydrogen-bond donors (Lipinski definition) is 3. The third-order valence-corrected chi connectivity index (χ3v) is 3.68. The van der Waals surface area contributed by atoms with E-state index in [1.165, 1.54) is 4.90 Å². The standard InChI is InChI=1S/C16H23N5O3.HI/c1-11-4-5-12(13(8-11)24-3)9-19-15(17-2)18-6-7-21-14(22)10-20-16(21)23;/h4-5,8H,6-7,9-10H2,1-3H3,(H,20,23)(H2,17,18,19);1H. The van der Waals surface area contributed by atoms with Gasteiger partial charge in [0.2, 0.25) is 5.91 Å². The van der Waals surface area contributed by atoms with E-state index in [1.54, 1.807) is 14.2 Å². The van der Waals surface area contributed by atoms with Crippen molar-refractivity contribution in [2.75, 3.05) is 33.8 Å². The molecule has 1 heterocycles. The number of urea groups is 1. The van der Waals surface area contributed by atoms with Crippen LogP contribution in [0.4, 0.5) is 4.79 Å². The monoisotopic (exact) mass is 461 g/mol. The van der Waals surface area contributed by atoms with Gasteiger partial charge in [0.25, 0.3) is 0 Å². The molecular formula is C16H24IN5O3. The first kappa shape index (κ1) is 21.0. The molecule has 1 saturated heterocycles. The lowest BCUT2D eigenvalue weighted by Gasteiger charge is -2.16. The number of benzene rings is 1. The van der Waals surface area contributed by atoms with Gasteiger partial charge in [0, 0.05) is 32.2 Å². The van der Waals surface area contributed by atoms with E-state index in [4.69, 9.17) is 4.74 Å². The van der Waals surface area contributed by atoms with Gasteiger partial charge in [0.05, 0.1) is 13.7 Å². The number of nitrogens with one attached hydrogen (secondary N) is 3. The number of carbonyl (C=O) groups is 2. The van der Waals surface area contributed by atoms with Crippen LogP contribution in [0.1, 0.15) is 11.1 Å². The quantitative estimate of drug-likeness (QED) is 0.253. The third kappa shape index (κ3) is 5.76. The average Bonchev–Trinajstić information content (AvgIpc) is 2.90. The van der Waals surface area contributed by atoms with E-state index in [9.17, 15) is 9.59 Å². The normalized spacial score (nSPS) is 14.0. The van der Waals surface area contributed by atoms with Gasteiger partial charge in [0.1, 0.15) is 5.75 Å². The molecule has 0 radical (unpaired) electrons. The second-order valence-corrected chi connectivity index (χ2v) is 5.37. The number of amides is 3. The number of carbonyl (C=O) groups excluding carboxylic acids is 2. The number of methoxy groups -OCH3 is 1. The number of rotatable bonds is 6. The first-order valence-electron chi connectivity index (χ1n) is 7.71. The predicted molar refractivity (Wildman–Crippen MR) is 106 cm³/mol. The first-order valence-corrected chi connectivity index (χ1v) is 7.71. The number of imide groups is 1. The lowest BCUT2D eigenvalue weighted by atomic mass is 10.1. The van der Waals surface area contributed by atoms with E-state index in [2.05, 4.69) is 20.9 Å². The molecule has 3 amide bonds. The Balaban J connectivity index is 0.00000312. The van der Waals surface area contributed by atoms with Crippen LogP contribution in [0.5, 0.6) is 5.75 Å². The highest BCUT2D eigenvalue weighted by Gasteiger charge is 2.27. The minimum atomic E-state index is -0.353. The summed E-state index contributed by atoms with van der Waals surface area (Å²) >= 11 is 0. The van der Waals surface area contributed by atoms with Gasteiger partial charge in [-0.1, -0.05) is 12.1 Å². The van der Waals surface area contributed by atoms with E-state index in [0.717, 1.165) is 16.9 Å². The summed E-state index contributed by atoms with van der Waals surface area (Å²) in [7, 11) is 3.30. The highest BCUT2D eigenvalue weighted by atomic mass is 127. The molecule has 0 aromatic heterocycles. The second kappa shape index (κ2) is 10.1. The van der Waals surface area contributed by atoms with Crippen LogP contribution in [0.2, 0.25) is 0 Å². The summed E-state index contributed by atoms with van der Waals surface area (Å²) in [5.41, 5.74) is 2.15. The van der Waals surface area contributed by atoms with E-state index in [0.29, 0.717) is 25.6 Å². The van der Waals surface area contributed by atoms with Crippen LogP contribution >= 0.6 is 24.0 Å². The van der Waals surface area contributed by atoms with Crippen molar-refractivity contribution in [3.05, 3.63) is 29.3 Å². The maximum atomic E-state index is 11.5. The van der Waals surface area contributed by atoms with Crippen molar-refractivity contribution < 1.29 is 14.3 Å². The summed E-state index contributed by atoms with van der Waals surface area (Å²) in [6.07, 6.45) is 0. The SMILES string of the molecule is CN=C(NCCN1C(=O)CNC1=O)NCc1ccc(C)cc1OC.I. The molecule has 0 bridgehead atoms. The van der Waals surface area contributed by atoms with Crippen molar-refractivity contribution in [3.8, 4) is 5.75 Å². The number of guanidine groups is 1. The van der Waals surface area contributed by atoms with Crippen molar-refractivity contribution in [1.29, 1.82) is 0 Å². The number of halogens is 1. The molecule has 0 unspecified atom stereocenters. The molecule has 0 aliphatic carbocycles. The lowest BCUT2D eigenvalue weighted by molar-refractivity contribution is -0.124. The summed E-state index contributed by atoms with van der Waals surface area (Å²) in [4.78, 5) is 28.3. The minimum absolute atomic E-state index is 0. The van der Waals surface area contributed by atoms with Gasteiger partial charge in [-0.05, 0) is 18.6 Å². The maximum absolute atomic E-state index is 11.5. The Morgan fingerprint density at radius 3 is 2.72 bits per heavy atom. The van der Waals surface area contributed by atoms with Crippen molar-refractivity contribution >= 4 is 41.9 Å². The second-order valence-electron chi connectivity index (χ2n) is 5.37. The maximum Gasteiger partial charge on any atom is 0.324 e. The molecule has 2 rings (SSSR count). The van der Waals surface area contributed by atoms with Gasteiger partial charge in [-0.2, -0.15) is 0 Å². The zero-order chi connectivity index (χ0) is 17.5. The van der Waals surface area contributed by atoms with Crippen LogP contribution in [-0.2, 0) is 11.3 Å². The van der Waals surface area contributed by atoms with Gasteiger partial charge in [0.15, 0.2) is 5.96 Å². The molecule has 0 atom stereocenters. The van der Waals surface area contributed by atoms with Crippen LogP contribution < -0.4 is 20.7 Å². The fraction of sp³-hybridized carbons (Fsp3) is 0.438. The fourth-order valence-electron chi connectivity index (χ4n) is 2.37. The number of ether oxygens (including phenoxy) is 1. The average molecular weight is 461 g/mol. The van der Waals surface area contributed by atoms with E-state index in [-0.39, 0.29) is 42.5 Å². The molecule has 8 nitrogen and oxygen atoms in total. The molecular weight excluding hydrogens is 437 g/mol. The van der Waals surface area contributed by atoms with Crippen LogP contribution in [0.15, 0.2) is 23.2 Å². The van der Waals surface area contributed by atoms with Gasteiger partial charge >= 0.3 is 6.03 Å². The summed E-state index contributed by atoms with van der Waals surface area (Å²) in [6, 6.07) is 5.65. The van der Waals surface area contributed by atoms with Crippen molar-refractivity contribution in [2.24, 2.45) is 4.99 Å². The van der Waals surface area contributed by atoms with Gasteiger partial charge < -0.3 is 20.7 Å². The van der Waals surface area contributed by atoms with E-state index >= 15 is 0 Å². The van der Waals surface area contributed by atoms with Crippen LogP contribution in [-0.4, -0.2) is 56.6 Å². The molecule has 1 fully saturated rings. The third-order valence-electron chi connectivity index (χ3n) is 3.68. The topological polar surface area (TPSA) is 95.1 Å². The summed E-state index contributed by atoms with van der Waals surface area (Å²) in [5.74, 6) is 1.19. The molecule has 3 N–H and O–H groups in total. The molecule has 1 aromatic rings. The molecule has 1 aliphatic heterocycles. The first-order chi connectivity index (χ1) is 11.5. The van der Waals surface area contributed by atoms with Gasteiger partial charge in [-0.25, -0.2) is 4.79 Å². The molecule has 138 valence electrons. The number of aliphatic imine (C=N–C) groups is 1. The summed E-state index contributed by atoms with van der Waals surface area (Å²) in [5, 5.41) is 8.75. The Kier molecular flexibility index (Phi) is 8.46. The summed E-state index contributed by atoms with van der Waals surface area (Å²) < 4.78 is 5.38. The zero-order valence-electron chi connectivity index (χ0n) is 14.6. The smallest absolute Gasteiger partial charge is 0.324 e. The number of hydrogen-bond acceptors (Lipinski definition) is 4. The highest BCUT2D eigenvalue weighted by molar-refractivity contribution is 14.0. The fourth-order valence-corrected chi connectivity index (χ4v) is 2.37. The van der Waals surface area contributed by atoms with E-state index < -0.39 is 0 Å². The number of nitrogens with zero attached hydrogens (tertiary/aromatic N) is 2. The van der Waals surface area contributed by atoms with Crippen LogP contribution in [0, 0.1) is 6.92 Å². The van der Waals surface area contributed by atoms with Crippen LogP contribution in [0.25, 0.3) is 0 Å². The molecule has 0 saturated carbocycles. The molecule has 1 aromatic carbocycles. The Morgan fingerprint density at radius 1 is 1.36 bits per heavy atom. The zero-order valence-corrected chi connectivity index (χ0v) is 16.9. The Labute approximate surface area is 164 Å². The Morgan fingerprint density at radius 2 is 2.12 bits per heavy atom. The van der Waals surface area contributed by atoms with Crippen molar-refractivity contribution in [3.63, 3.8) is 0 Å². The molecule has 1 aliphatic rings. The minimum Gasteiger partial charge on any atom is -0.496 e. The highest BCUT2D eigenvalue weighted by Crippen LogP contribution is 2.19. The van der Waals surface area contributed by atoms with E-state index in [1.807, 2.05) is 25.1 Å². The van der Waals surface area contributed by atoms with Crippen LogP contribution in [0.3, 0.4) is 0 Å². The lowest BCUT2D eigenvalue weighted by Crippen LogP contribution is -2.43. The largest absolute Gasteiger partial charge is 0.496 e. The van der Waals surface area contributed by atoms with Gasteiger partial charge in [-0.15, -0.1) is 24.0 Å². The molecule has 25 heavy (non-hydrogen) atoms. The molecule has 9 heteroatoms. The van der Waals surface area contributed by atoms with Crippen molar-refractivity contribution in [1.82, 2.24) is 20.9 Å². The van der Waals surface area contributed by atoms with Gasteiger partial charge in [-0.3, -0.25) is 14.7 Å². The molecule has 0 spiro atoms. The van der Waals surface area contributed by atoms with Crippen molar-refractivity contribution in [2.45, 2.75) is 13.5 Å². The number of aryl methyl sites for hydroxylation is 1. The summed E-state index contributed by atoms with van der Waals surface area (Å²) in [6.45, 7) is 3.34. The Hall–Kier alpha value is -2.04. The predicted octanol–water partition coefficient (Wildman–Crippen LogP) is 0.838.